The van der Waals surface area contributed by atoms with Crippen molar-refractivity contribution in [2.24, 2.45) is 11.8 Å². The lowest BCUT2D eigenvalue weighted by Crippen LogP contribution is -2.33. The Morgan fingerprint density at radius 3 is 2.55 bits per heavy atom. The van der Waals surface area contributed by atoms with Gasteiger partial charge in [-0.3, -0.25) is 0 Å². The maximum atomic E-state index is 3.86. The van der Waals surface area contributed by atoms with Gasteiger partial charge in [0.15, 0.2) is 0 Å². The minimum atomic E-state index is 0.648. The summed E-state index contributed by atoms with van der Waals surface area (Å²) in [6.07, 6.45) is 6.73. The summed E-state index contributed by atoms with van der Waals surface area (Å²) >= 11 is 0. The number of benzene rings is 1. The maximum Gasteiger partial charge on any atom is 0.0602 e. The van der Waals surface area contributed by atoms with Crippen LogP contribution in [-0.2, 0) is 0 Å². The number of anilines is 2. The van der Waals surface area contributed by atoms with E-state index in [0.29, 0.717) is 6.04 Å². The number of nitrogens with zero attached hydrogens (tertiary/aromatic N) is 1. The maximum absolute atomic E-state index is 3.86. The molecule has 1 aromatic rings. The van der Waals surface area contributed by atoms with E-state index >= 15 is 0 Å². The van der Waals surface area contributed by atoms with Crippen LogP contribution in [0.1, 0.15) is 46.0 Å². The van der Waals surface area contributed by atoms with Crippen LogP contribution in [0.3, 0.4) is 0 Å². The minimum absolute atomic E-state index is 0.648. The fourth-order valence-electron chi connectivity index (χ4n) is 3.91. The van der Waals surface area contributed by atoms with Crippen molar-refractivity contribution in [3.8, 4) is 0 Å². The van der Waals surface area contributed by atoms with Crippen molar-refractivity contribution in [2.75, 3.05) is 23.3 Å². The molecule has 2 heteroatoms. The summed E-state index contributed by atoms with van der Waals surface area (Å²) in [6.45, 7) is 7.24. The quantitative estimate of drug-likeness (QED) is 0.870. The molecule has 0 spiro atoms. The Labute approximate surface area is 123 Å². The van der Waals surface area contributed by atoms with E-state index in [4.69, 9.17) is 0 Å². The zero-order chi connectivity index (χ0) is 13.9. The molecule has 0 aromatic heterocycles. The van der Waals surface area contributed by atoms with E-state index in [-0.39, 0.29) is 0 Å². The largest absolute Gasteiger partial charge is 0.380 e. The van der Waals surface area contributed by atoms with Gasteiger partial charge in [-0.15, -0.1) is 0 Å². The second-order valence-electron chi connectivity index (χ2n) is 6.86. The Bertz CT molecular complexity index is 437. The molecule has 1 heterocycles. The van der Waals surface area contributed by atoms with Crippen LogP contribution in [0.25, 0.3) is 0 Å². The summed E-state index contributed by atoms with van der Waals surface area (Å²) < 4.78 is 0. The average Bonchev–Trinajstić information content (AvgIpc) is 2.96. The van der Waals surface area contributed by atoms with Crippen LogP contribution >= 0.6 is 0 Å². The molecule has 0 bridgehead atoms. The first-order valence-electron chi connectivity index (χ1n) is 8.34. The van der Waals surface area contributed by atoms with Gasteiger partial charge in [-0.25, -0.2) is 0 Å². The molecule has 2 aliphatic rings. The van der Waals surface area contributed by atoms with E-state index in [1.165, 1.54) is 56.6 Å². The third kappa shape index (κ3) is 2.94. The van der Waals surface area contributed by atoms with Crippen LogP contribution < -0.4 is 10.2 Å². The Hall–Kier alpha value is -1.18. The van der Waals surface area contributed by atoms with Gasteiger partial charge in [0.25, 0.3) is 0 Å². The van der Waals surface area contributed by atoms with Gasteiger partial charge in [-0.1, -0.05) is 26.0 Å². The molecule has 3 rings (SSSR count). The molecule has 1 saturated heterocycles. The predicted octanol–water partition coefficient (Wildman–Crippen LogP) is 4.52. The molecule has 1 saturated carbocycles. The standard InChI is InChI=1S/C18H28N2/c1-14-9-10-16(15(2)13-14)19-17-7-3-4-8-18(17)20-11-5-6-12-20/h3-4,7-8,14-16,19H,5-6,9-13H2,1-2H3. The molecule has 3 unspecified atom stereocenters. The van der Waals surface area contributed by atoms with Gasteiger partial charge in [0, 0.05) is 19.1 Å². The monoisotopic (exact) mass is 272 g/mol. The van der Waals surface area contributed by atoms with Crippen LogP contribution in [-0.4, -0.2) is 19.1 Å². The van der Waals surface area contributed by atoms with Gasteiger partial charge in [-0.2, -0.15) is 0 Å². The van der Waals surface area contributed by atoms with Crippen LogP contribution in [0.5, 0.6) is 0 Å². The molecule has 1 aromatic carbocycles. The van der Waals surface area contributed by atoms with Crippen molar-refractivity contribution in [3.05, 3.63) is 24.3 Å². The molecule has 0 radical (unpaired) electrons. The van der Waals surface area contributed by atoms with Crippen LogP contribution in [0.4, 0.5) is 11.4 Å². The van der Waals surface area contributed by atoms with Crippen molar-refractivity contribution < 1.29 is 0 Å². The fourth-order valence-corrected chi connectivity index (χ4v) is 3.91. The fraction of sp³-hybridized carbons (Fsp3) is 0.667. The molecule has 0 amide bonds. The van der Waals surface area contributed by atoms with E-state index in [0.717, 1.165) is 11.8 Å². The lowest BCUT2D eigenvalue weighted by Gasteiger charge is -2.35. The van der Waals surface area contributed by atoms with E-state index in [9.17, 15) is 0 Å². The highest BCUT2D eigenvalue weighted by atomic mass is 15.2. The molecule has 1 aliphatic heterocycles. The van der Waals surface area contributed by atoms with Gasteiger partial charge in [0.05, 0.1) is 11.4 Å². The molecule has 1 N–H and O–H groups in total. The normalized spacial score (nSPS) is 30.5. The van der Waals surface area contributed by atoms with Gasteiger partial charge in [0.1, 0.15) is 0 Å². The van der Waals surface area contributed by atoms with Gasteiger partial charge < -0.3 is 10.2 Å². The Kier molecular flexibility index (Phi) is 4.18. The topological polar surface area (TPSA) is 15.3 Å². The van der Waals surface area contributed by atoms with Gasteiger partial charge in [-0.05, 0) is 56.1 Å². The summed E-state index contributed by atoms with van der Waals surface area (Å²) in [7, 11) is 0. The number of para-hydroxylation sites is 2. The number of rotatable bonds is 3. The number of nitrogens with one attached hydrogen (secondary N) is 1. The van der Waals surface area contributed by atoms with Crippen molar-refractivity contribution in [2.45, 2.75) is 52.0 Å². The second kappa shape index (κ2) is 6.07. The van der Waals surface area contributed by atoms with Crippen molar-refractivity contribution >= 4 is 11.4 Å². The summed E-state index contributed by atoms with van der Waals surface area (Å²) in [4.78, 5) is 2.54. The van der Waals surface area contributed by atoms with Crippen LogP contribution in [0, 0.1) is 11.8 Å². The summed E-state index contributed by atoms with van der Waals surface area (Å²) in [5.41, 5.74) is 2.76. The molecule has 3 atom stereocenters. The summed E-state index contributed by atoms with van der Waals surface area (Å²) in [5.74, 6) is 1.68. The zero-order valence-electron chi connectivity index (χ0n) is 12.9. The van der Waals surface area contributed by atoms with Crippen molar-refractivity contribution in [1.82, 2.24) is 0 Å². The average molecular weight is 272 g/mol. The first kappa shape index (κ1) is 13.8. The highest BCUT2D eigenvalue weighted by Gasteiger charge is 2.26. The SMILES string of the molecule is CC1CCC(Nc2ccccc2N2CCCC2)C(C)C1. The predicted molar refractivity (Wildman–Crippen MR) is 87.5 cm³/mol. The molecule has 1 aliphatic carbocycles. The van der Waals surface area contributed by atoms with E-state index in [1.54, 1.807) is 0 Å². The molecular weight excluding hydrogens is 244 g/mol. The van der Waals surface area contributed by atoms with Crippen LogP contribution in [0.2, 0.25) is 0 Å². The Balaban J connectivity index is 1.73. The first-order chi connectivity index (χ1) is 9.74. The molecular formula is C18H28N2. The second-order valence-corrected chi connectivity index (χ2v) is 6.86. The highest BCUT2D eigenvalue weighted by Crippen LogP contribution is 2.34. The highest BCUT2D eigenvalue weighted by molar-refractivity contribution is 5.70. The minimum Gasteiger partial charge on any atom is -0.380 e. The van der Waals surface area contributed by atoms with E-state index < -0.39 is 0 Å². The Morgan fingerprint density at radius 2 is 1.80 bits per heavy atom. The van der Waals surface area contributed by atoms with E-state index in [2.05, 4.69) is 48.3 Å². The summed E-state index contributed by atoms with van der Waals surface area (Å²) in [5, 5.41) is 3.86. The lowest BCUT2D eigenvalue weighted by atomic mass is 9.80. The third-order valence-electron chi connectivity index (χ3n) is 5.12. The van der Waals surface area contributed by atoms with E-state index in [1.807, 2.05) is 0 Å². The van der Waals surface area contributed by atoms with Crippen molar-refractivity contribution in [3.63, 3.8) is 0 Å². The first-order valence-corrected chi connectivity index (χ1v) is 8.34. The zero-order valence-corrected chi connectivity index (χ0v) is 12.9. The molecule has 110 valence electrons. The molecule has 2 nitrogen and oxygen atoms in total. The summed E-state index contributed by atoms with van der Waals surface area (Å²) in [6, 6.07) is 9.53. The lowest BCUT2D eigenvalue weighted by molar-refractivity contribution is 0.276. The van der Waals surface area contributed by atoms with Crippen molar-refractivity contribution in [1.29, 1.82) is 0 Å². The molecule has 2 fully saturated rings. The number of hydrogen-bond acceptors (Lipinski definition) is 2. The number of hydrogen-bond donors (Lipinski definition) is 1. The third-order valence-corrected chi connectivity index (χ3v) is 5.12. The van der Waals surface area contributed by atoms with Crippen LogP contribution in [0.15, 0.2) is 24.3 Å². The molecule has 20 heavy (non-hydrogen) atoms. The van der Waals surface area contributed by atoms with Gasteiger partial charge >= 0.3 is 0 Å². The smallest absolute Gasteiger partial charge is 0.0602 e. The Morgan fingerprint density at radius 1 is 1.05 bits per heavy atom. The van der Waals surface area contributed by atoms with Gasteiger partial charge in [0.2, 0.25) is 0 Å².